The van der Waals surface area contributed by atoms with Crippen LogP contribution in [0.1, 0.15) is 6.92 Å². The van der Waals surface area contributed by atoms with Gasteiger partial charge in [0.25, 0.3) is 0 Å². The van der Waals surface area contributed by atoms with Crippen molar-refractivity contribution in [1.82, 2.24) is 0 Å². The van der Waals surface area contributed by atoms with Crippen molar-refractivity contribution in [3.8, 4) is 0 Å². The van der Waals surface area contributed by atoms with Crippen LogP contribution < -0.4 is 10.6 Å². The Morgan fingerprint density at radius 1 is 0.947 bits per heavy atom. The molecule has 0 aliphatic heterocycles. The summed E-state index contributed by atoms with van der Waals surface area (Å²) in [6, 6.07) is 20.9. The third kappa shape index (κ3) is 4.85. The number of carbonyl (C=O) groups is 1. The van der Waals surface area contributed by atoms with E-state index in [1.165, 1.54) is 22.4 Å². The van der Waals surface area contributed by atoms with E-state index in [1.807, 2.05) is 12.1 Å². The van der Waals surface area contributed by atoms with E-state index >= 15 is 0 Å². The van der Waals surface area contributed by atoms with Crippen molar-refractivity contribution in [2.24, 2.45) is 0 Å². The zero-order valence-corrected chi connectivity index (χ0v) is 12.5. The first-order valence-corrected chi connectivity index (χ1v) is 8.29. The van der Waals surface area contributed by atoms with Gasteiger partial charge in [-0.15, -0.1) is 0 Å². The number of benzene rings is 2. The molecule has 0 atom stereocenters. The average Bonchev–Trinajstić information content (AvgIpc) is 2.41. The van der Waals surface area contributed by atoms with Gasteiger partial charge in [0, 0.05) is 20.8 Å². The summed E-state index contributed by atoms with van der Waals surface area (Å²) in [5.41, 5.74) is 0.860. The minimum Gasteiger partial charge on any atom is -0.288 e. The smallest absolute Gasteiger partial charge is 0.186 e. The van der Waals surface area contributed by atoms with Crippen LogP contribution in [-0.4, -0.2) is 19.0 Å². The SMILES string of the molecule is CC(=O)SCP(c1ccccc1)c1ccccc1.[B]. The fraction of sp³-hybridized carbons (Fsp3) is 0.133. The quantitative estimate of drug-likeness (QED) is 0.634. The molecule has 0 fully saturated rings. The van der Waals surface area contributed by atoms with Crippen molar-refractivity contribution in [3.05, 3.63) is 60.7 Å². The van der Waals surface area contributed by atoms with Crippen LogP contribution in [0.4, 0.5) is 0 Å². The molecule has 2 rings (SSSR count). The van der Waals surface area contributed by atoms with Crippen molar-refractivity contribution in [1.29, 1.82) is 0 Å². The third-order valence-corrected chi connectivity index (χ3v) is 6.33. The van der Waals surface area contributed by atoms with Gasteiger partial charge in [0.05, 0.1) is 0 Å². The van der Waals surface area contributed by atoms with E-state index in [4.69, 9.17) is 0 Å². The monoisotopic (exact) mass is 285 g/mol. The van der Waals surface area contributed by atoms with Crippen LogP contribution in [-0.2, 0) is 4.79 Å². The minimum absolute atomic E-state index is 0. The van der Waals surface area contributed by atoms with Gasteiger partial charge in [0.15, 0.2) is 5.12 Å². The molecule has 0 aromatic heterocycles. The van der Waals surface area contributed by atoms with Crippen molar-refractivity contribution in [2.75, 3.05) is 5.49 Å². The summed E-state index contributed by atoms with van der Waals surface area (Å²) in [5.74, 6) is 0. The molecule has 0 aliphatic rings. The second-order valence-electron chi connectivity index (χ2n) is 3.86. The Kier molecular flexibility index (Phi) is 6.90. The number of hydrogen-bond donors (Lipinski definition) is 0. The summed E-state index contributed by atoms with van der Waals surface area (Å²) in [5, 5.41) is 2.84. The van der Waals surface area contributed by atoms with E-state index in [1.54, 1.807) is 6.92 Å². The highest BCUT2D eigenvalue weighted by Crippen LogP contribution is 2.37. The molecule has 0 N–H and O–H groups in total. The Balaban J connectivity index is 0.00000180. The molecule has 2 aromatic carbocycles. The molecule has 0 saturated carbocycles. The molecule has 95 valence electrons. The molecule has 0 spiro atoms. The fourth-order valence-corrected chi connectivity index (χ4v) is 5.47. The molecule has 19 heavy (non-hydrogen) atoms. The van der Waals surface area contributed by atoms with E-state index in [2.05, 4.69) is 48.5 Å². The summed E-state index contributed by atoms with van der Waals surface area (Å²) in [7, 11) is -0.441. The van der Waals surface area contributed by atoms with Gasteiger partial charge in [-0.3, -0.25) is 4.79 Å². The van der Waals surface area contributed by atoms with Gasteiger partial charge in [-0.05, 0) is 18.5 Å². The van der Waals surface area contributed by atoms with Gasteiger partial charge >= 0.3 is 0 Å². The van der Waals surface area contributed by atoms with Gasteiger partial charge in [0.2, 0.25) is 0 Å². The van der Waals surface area contributed by atoms with E-state index in [-0.39, 0.29) is 13.5 Å². The summed E-state index contributed by atoms with van der Waals surface area (Å²) >= 11 is 1.42. The van der Waals surface area contributed by atoms with Crippen LogP contribution in [0.25, 0.3) is 0 Å². The van der Waals surface area contributed by atoms with Gasteiger partial charge in [-0.2, -0.15) is 0 Å². The number of rotatable bonds is 4. The lowest BCUT2D eigenvalue weighted by Crippen LogP contribution is -2.13. The van der Waals surface area contributed by atoms with Crippen molar-refractivity contribution in [3.63, 3.8) is 0 Å². The Morgan fingerprint density at radius 2 is 1.37 bits per heavy atom. The molecular formula is C15H15BOPS. The lowest BCUT2D eigenvalue weighted by atomic mass is 10.4. The maximum atomic E-state index is 11.2. The lowest BCUT2D eigenvalue weighted by Gasteiger charge is -2.17. The second kappa shape index (κ2) is 8.19. The zero-order valence-electron chi connectivity index (χ0n) is 10.8. The van der Waals surface area contributed by atoms with E-state index in [9.17, 15) is 4.79 Å². The van der Waals surface area contributed by atoms with Crippen molar-refractivity contribution < 1.29 is 4.79 Å². The van der Waals surface area contributed by atoms with Gasteiger partial charge in [0.1, 0.15) is 0 Å². The van der Waals surface area contributed by atoms with Crippen molar-refractivity contribution >= 4 is 43.8 Å². The first-order valence-electron chi connectivity index (χ1n) is 5.78. The van der Waals surface area contributed by atoms with E-state index < -0.39 is 7.92 Å². The molecule has 3 radical (unpaired) electrons. The first-order chi connectivity index (χ1) is 8.77. The molecule has 0 aliphatic carbocycles. The number of thioether (sulfide) groups is 1. The molecule has 0 bridgehead atoms. The summed E-state index contributed by atoms with van der Waals surface area (Å²) in [6.45, 7) is 1.63. The molecule has 2 aromatic rings. The van der Waals surface area contributed by atoms with E-state index in [0.29, 0.717) is 0 Å². The average molecular weight is 285 g/mol. The van der Waals surface area contributed by atoms with Crippen LogP contribution in [0.2, 0.25) is 0 Å². The molecule has 1 nitrogen and oxygen atoms in total. The molecule has 0 heterocycles. The Labute approximate surface area is 122 Å². The fourth-order valence-electron chi connectivity index (χ4n) is 1.67. The Bertz CT molecular complexity index is 465. The predicted molar refractivity (Wildman–Crippen MR) is 88.0 cm³/mol. The van der Waals surface area contributed by atoms with Gasteiger partial charge in [-0.1, -0.05) is 72.4 Å². The van der Waals surface area contributed by atoms with Crippen LogP contribution in [0.3, 0.4) is 0 Å². The van der Waals surface area contributed by atoms with Gasteiger partial charge in [-0.25, -0.2) is 0 Å². The topological polar surface area (TPSA) is 17.1 Å². The molecule has 0 amide bonds. The largest absolute Gasteiger partial charge is 0.288 e. The second-order valence-corrected chi connectivity index (χ2v) is 7.65. The summed E-state index contributed by atoms with van der Waals surface area (Å²) < 4.78 is 0. The zero-order chi connectivity index (χ0) is 12.8. The predicted octanol–water partition coefficient (Wildman–Crippen LogP) is 2.98. The molecule has 0 saturated heterocycles. The highest BCUT2D eigenvalue weighted by molar-refractivity contribution is 8.18. The maximum absolute atomic E-state index is 11.2. The van der Waals surface area contributed by atoms with E-state index in [0.717, 1.165) is 5.49 Å². The van der Waals surface area contributed by atoms with Crippen molar-refractivity contribution in [2.45, 2.75) is 6.92 Å². The molecule has 0 unspecified atom stereocenters. The highest BCUT2D eigenvalue weighted by atomic mass is 32.2. The maximum Gasteiger partial charge on any atom is 0.186 e. The van der Waals surface area contributed by atoms with Crippen LogP contribution in [0, 0.1) is 0 Å². The standard InChI is InChI=1S/C15H15OPS.B/c1-13(16)18-12-17(14-8-4-2-5-9-14)15-10-6-3-7-11-15;/h2-11H,12H2,1H3;. The molecule has 4 heteroatoms. The Morgan fingerprint density at radius 3 is 1.74 bits per heavy atom. The number of hydrogen-bond acceptors (Lipinski definition) is 2. The van der Waals surface area contributed by atoms with Gasteiger partial charge < -0.3 is 0 Å². The van der Waals surface area contributed by atoms with Crippen LogP contribution in [0.15, 0.2) is 60.7 Å². The van der Waals surface area contributed by atoms with Crippen LogP contribution in [0.5, 0.6) is 0 Å². The molecular weight excluding hydrogens is 270 g/mol. The lowest BCUT2D eigenvalue weighted by molar-refractivity contribution is -0.109. The normalized spacial score (nSPS) is 10.0. The minimum atomic E-state index is -0.441. The first kappa shape index (κ1) is 16.0. The summed E-state index contributed by atoms with van der Waals surface area (Å²) in [6.07, 6.45) is 0. The van der Waals surface area contributed by atoms with Crippen LogP contribution >= 0.6 is 19.7 Å². The highest BCUT2D eigenvalue weighted by Gasteiger charge is 2.14. The number of carbonyl (C=O) groups excluding carboxylic acids is 1. The summed E-state index contributed by atoms with van der Waals surface area (Å²) in [4.78, 5) is 11.2. The third-order valence-electron chi connectivity index (χ3n) is 2.53. The Hall–Kier alpha value is -1.05.